The van der Waals surface area contributed by atoms with Gasteiger partial charge in [0, 0.05) is 25.7 Å². The Morgan fingerprint density at radius 2 is 1.86 bits per heavy atom. The van der Waals surface area contributed by atoms with Crippen molar-refractivity contribution in [3.8, 4) is 0 Å². The summed E-state index contributed by atoms with van der Waals surface area (Å²) < 4.78 is 5.01. The Bertz CT molecular complexity index is 167. The highest BCUT2D eigenvalue weighted by atomic mass is 16.5. The maximum atomic E-state index is 11.5. The smallest absolute Gasteiger partial charge is 0.222 e. The van der Waals surface area contributed by atoms with Gasteiger partial charge in [-0.2, -0.15) is 0 Å². The molecule has 0 fully saturated rings. The molecule has 0 heterocycles. The van der Waals surface area contributed by atoms with Gasteiger partial charge in [0.25, 0.3) is 0 Å². The molecule has 1 N–H and O–H groups in total. The molecule has 1 atom stereocenters. The van der Waals surface area contributed by atoms with E-state index >= 15 is 0 Å². The second-order valence-electron chi connectivity index (χ2n) is 4.30. The first-order chi connectivity index (χ1) is 6.49. The van der Waals surface area contributed by atoms with Crippen molar-refractivity contribution in [3.05, 3.63) is 0 Å². The minimum absolute atomic E-state index is 0.0544. The minimum Gasteiger partial charge on any atom is -0.385 e. The van der Waals surface area contributed by atoms with E-state index in [4.69, 9.17) is 4.74 Å². The highest BCUT2D eigenvalue weighted by molar-refractivity contribution is 5.78. The zero-order valence-corrected chi connectivity index (χ0v) is 9.96. The number of nitrogens with one attached hydrogen (secondary N) is 1. The average molecular weight is 201 g/mol. The van der Waals surface area contributed by atoms with Crippen molar-refractivity contribution in [1.29, 1.82) is 0 Å². The number of hydrogen-bond donors (Lipinski definition) is 1. The Labute approximate surface area is 87.2 Å². The Balaban J connectivity index is 4.02. The molecule has 84 valence electrons. The van der Waals surface area contributed by atoms with Crippen molar-refractivity contribution in [2.75, 3.05) is 13.7 Å². The fourth-order valence-electron chi connectivity index (χ4n) is 1.17. The molecular weight excluding hydrogens is 178 g/mol. The molecule has 3 nitrogen and oxygen atoms in total. The molecule has 0 radical (unpaired) electrons. The number of carbonyl (C=O) groups is 1. The van der Waals surface area contributed by atoms with Crippen molar-refractivity contribution in [2.45, 2.75) is 40.2 Å². The summed E-state index contributed by atoms with van der Waals surface area (Å²) >= 11 is 0. The standard InChI is InChI=1S/C11H23NO2/c1-8(2)10(6-7-14-5)12-11(13)9(3)4/h8-10H,6-7H2,1-5H3,(H,12,13)/t10-/m0/s1. The van der Waals surface area contributed by atoms with Gasteiger partial charge in [-0.05, 0) is 12.3 Å². The quantitative estimate of drug-likeness (QED) is 0.712. The van der Waals surface area contributed by atoms with Gasteiger partial charge in [0.2, 0.25) is 5.91 Å². The first kappa shape index (κ1) is 13.4. The van der Waals surface area contributed by atoms with Crippen LogP contribution < -0.4 is 5.32 Å². The zero-order chi connectivity index (χ0) is 11.1. The Morgan fingerprint density at radius 1 is 1.29 bits per heavy atom. The van der Waals surface area contributed by atoms with Gasteiger partial charge in [0.05, 0.1) is 0 Å². The maximum absolute atomic E-state index is 11.5. The number of carbonyl (C=O) groups excluding carboxylic acids is 1. The predicted molar refractivity (Wildman–Crippen MR) is 58.1 cm³/mol. The molecule has 0 aliphatic carbocycles. The van der Waals surface area contributed by atoms with Crippen molar-refractivity contribution in [3.63, 3.8) is 0 Å². The van der Waals surface area contributed by atoms with Gasteiger partial charge in [-0.25, -0.2) is 0 Å². The highest BCUT2D eigenvalue weighted by Gasteiger charge is 2.17. The Morgan fingerprint density at radius 3 is 2.21 bits per heavy atom. The van der Waals surface area contributed by atoms with Crippen LogP contribution in [-0.4, -0.2) is 25.7 Å². The van der Waals surface area contributed by atoms with E-state index in [-0.39, 0.29) is 17.9 Å². The van der Waals surface area contributed by atoms with Crippen LogP contribution in [0.3, 0.4) is 0 Å². The number of ether oxygens (including phenoxy) is 1. The lowest BCUT2D eigenvalue weighted by Gasteiger charge is -2.23. The van der Waals surface area contributed by atoms with Crippen LogP contribution >= 0.6 is 0 Å². The van der Waals surface area contributed by atoms with Crippen molar-refractivity contribution in [2.24, 2.45) is 11.8 Å². The molecule has 0 saturated heterocycles. The first-order valence-corrected chi connectivity index (χ1v) is 5.28. The SMILES string of the molecule is COCC[C@H](NC(=O)C(C)C)C(C)C. The van der Waals surface area contributed by atoms with Crippen LogP contribution in [0.5, 0.6) is 0 Å². The number of rotatable bonds is 6. The molecule has 1 amide bonds. The lowest BCUT2D eigenvalue weighted by Crippen LogP contribution is -2.41. The third-order valence-corrected chi connectivity index (χ3v) is 2.29. The van der Waals surface area contributed by atoms with Gasteiger partial charge in [-0.3, -0.25) is 4.79 Å². The highest BCUT2D eigenvalue weighted by Crippen LogP contribution is 2.07. The number of amides is 1. The molecule has 0 saturated carbocycles. The lowest BCUT2D eigenvalue weighted by molar-refractivity contribution is -0.125. The van der Waals surface area contributed by atoms with Crippen LogP contribution in [0.4, 0.5) is 0 Å². The fraction of sp³-hybridized carbons (Fsp3) is 0.909. The van der Waals surface area contributed by atoms with E-state index in [2.05, 4.69) is 19.2 Å². The van der Waals surface area contributed by atoms with Crippen molar-refractivity contribution < 1.29 is 9.53 Å². The third-order valence-electron chi connectivity index (χ3n) is 2.29. The monoisotopic (exact) mass is 201 g/mol. The molecule has 0 aromatic carbocycles. The maximum Gasteiger partial charge on any atom is 0.222 e. The van der Waals surface area contributed by atoms with Crippen LogP contribution in [0, 0.1) is 11.8 Å². The van der Waals surface area contributed by atoms with Crippen LogP contribution in [0.2, 0.25) is 0 Å². The molecule has 0 aromatic heterocycles. The molecule has 0 rings (SSSR count). The van der Waals surface area contributed by atoms with Crippen LogP contribution in [0.25, 0.3) is 0 Å². The van der Waals surface area contributed by atoms with Crippen molar-refractivity contribution in [1.82, 2.24) is 5.32 Å². The summed E-state index contributed by atoms with van der Waals surface area (Å²) in [6.45, 7) is 8.73. The Kier molecular flexibility index (Phi) is 6.54. The average Bonchev–Trinajstić information content (AvgIpc) is 2.10. The van der Waals surface area contributed by atoms with Gasteiger partial charge in [0.15, 0.2) is 0 Å². The number of methoxy groups -OCH3 is 1. The molecule has 0 aromatic rings. The topological polar surface area (TPSA) is 38.3 Å². The molecular formula is C11H23NO2. The van der Waals surface area contributed by atoms with E-state index in [1.165, 1.54) is 0 Å². The van der Waals surface area contributed by atoms with Gasteiger partial charge in [-0.1, -0.05) is 27.7 Å². The molecule has 0 aliphatic heterocycles. The normalized spacial score (nSPS) is 13.4. The van der Waals surface area contributed by atoms with E-state index in [1.807, 2.05) is 13.8 Å². The molecule has 0 spiro atoms. The van der Waals surface area contributed by atoms with Crippen LogP contribution in [0.1, 0.15) is 34.1 Å². The molecule has 3 heteroatoms. The Hall–Kier alpha value is -0.570. The van der Waals surface area contributed by atoms with Gasteiger partial charge in [-0.15, -0.1) is 0 Å². The van der Waals surface area contributed by atoms with Gasteiger partial charge in [0.1, 0.15) is 0 Å². The minimum atomic E-state index is 0.0544. The number of hydrogen-bond acceptors (Lipinski definition) is 2. The summed E-state index contributed by atoms with van der Waals surface area (Å²) in [7, 11) is 1.68. The summed E-state index contributed by atoms with van der Waals surface area (Å²) in [5.41, 5.74) is 0. The summed E-state index contributed by atoms with van der Waals surface area (Å²) in [6, 6.07) is 0.227. The summed E-state index contributed by atoms with van der Waals surface area (Å²) in [4.78, 5) is 11.5. The van der Waals surface area contributed by atoms with Crippen LogP contribution in [-0.2, 0) is 9.53 Å². The summed E-state index contributed by atoms with van der Waals surface area (Å²) in [5, 5.41) is 3.03. The lowest BCUT2D eigenvalue weighted by atomic mass is 10.0. The second kappa shape index (κ2) is 6.82. The van der Waals surface area contributed by atoms with E-state index in [0.29, 0.717) is 12.5 Å². The van der Waals surface area contributed by atoms with Gasteiger partial charge < -0.3 is 10.1 Å². The summed E-state index contributed by atoms with van der Waals surface area (Å²) in [6.07, 6.45) is 0.882. The van der Waals surface area contributed by atoms with E-state index in [0.717, 1.165) is 6.42 Å². The molecule has 0 aliphatic rings. The van der Waals surface area contributed by atoms with Gasteiger partial charge >= 0.3 is 0 Å². The van der Waals surface area contributed by atoms with E-state index < -0.39 is 0 Å². The van der Waals surface area contributed by atoms with Crippen LogP contribution in [0.15, 0.2) is 0 Å². The predicted octanol–water partition coefficient (Wildman–Crippen LogP) is 1.82. The summed E-state index contributed by atoms with van der Waals surface area (Å²) in [5.74, 6) is 0.631. The zero-order valence-electron chi connectivity index (χ0n) is 9.96. The van der Waals surface area contributed by atoms with E-state index in [1.54, 1.807) is 7.11 Å². The molecule has 0 bridgehead atoms. The largest absolute Gasteiger partial charge is 0.385 e. The molecule has 14 heavy (non-hydrogen) atoms. The van der Waals surface area contributed by atoms with E-state index in [9.17, 15) is 4.79 Å². The third kappa shape index (κ3) is 5.22. The first-order valence-electron chi connectivity index (χ1n) is 5.28. The van der Waals surface area contributed by atoms with Crippen molar-refractivity contribution >= 4 is 5.91 Å². The second-order valence-corrected chi connectivity index (χ2v) is 4.30. The molecule has 0 unspecified atom stereocenters. The fourth-order valence-corrected chi connectivity index (χ4v) is 1.17.